The Morgan fingerprint density at radius 2 is 2.15 bits per heavy atom. The maximum Gasteiger partial charge on any atom is 0.144 e. The molecule has 1 unspecified atom stereocenters. The molecule has 0 bridgehead atoms. The Hall–Kier alpha value is -1.29. The topological polar surface area (TPSA) is 43.4 Å². The first-order valence-electron chi connectivity index (χ1n) is 7.66. The van der Waals surface area contributed by atoms with Crippen LogP contribution in [0.1, 0.15) is 31.4 Å². The molecule has 0 spiro atoms. The van der Waals surface area contributed by atoms with Crippen molar-refractivity contribution in [1.82, 2.24) is 10.3 Å². The van der Waals surface area contributed by atoms with Gasteiger partial charge in [-0.15, -0.1) is 0 Å². The fourth-order valence-electron chi connectivity index (χ4n) is 3.18. The smallest absolute Gasteiger partial charge is 0.144 e. The van der Waals surface area contributed by atoms with Crippen LogP contribution in [0, 0.1) is 18.8 Å². The van der Waals surface area contributed by atoms with Crippen LogP contribution in [0.4, 0.5) is 0 Å². The summed E-state index contributed by atoms with van der Waals surface area (Å²) in [5, 5.41) is 3.46. The fraction of sp³-hybridized carbons (Fsp3) is 0.688. The number of aromatic nitrogens is 1. The summed E-state index contributed by atoms with van der Waals surface area (Å²) in [6, 6.07) is 1.97. The van der Waals surface area contributed by atoms with E-state index in [1.165, 1.54) is 25.7 Å². The number of hydrogen-bond acceptors (Lipinski definition) is 4. The maximum absolute atomic E-state index is 6.39. The second-order valence-electron chi connectivity index (χ2n) is 5.99. The highest BCUT2D eigenvalue weighted by Crippen LogP contribution is 2.37. The van der Waals surface area contributed by atoms with Gasteiger partial charge in [0, 0.05) is 18.5 Å². The van der Waals surface area contributed by atoms with Gasteiger partial charge in [0.2, 0.25) is 0 Å². The molecule has 3 rings (SSSR count). The normalized spacial score (nSPS) is 24.2. The molecule has 4 nitrogen and oxygen atoms in total. The van der Waals surface area contributed by atoms with E-state index < -0.39 is 0 Å². The van der Waals surface area contributed by atoms with Gasteiger partial charge in [0.05, 0.1) is 19.0 Å². The monoisotopic (exact) mass is 276 g/mol. The third-order valence-corrected chi connectivity index (χ3v) is 4.69. The first-order valence-corrected chi connectivity index (χ1v) is 7.66. The van der Waals surface area contributed by atoms with Gasteiger partial charge >= 0.3 is 0 Å². The van der Waals surface area contributed by atoms with Gasteiger partial charge in [0.1, 0.15) is 17.6 Å². The Balaban J connectivity index is 1.78. The quantitative estimate of drug-likeness (QED) is 0.897. The minimum absolute atomic E-state index is 0.325. The van der Waals surface area contributed by atoms with E-state index in [1.54, 1.807) is 13.3 Å². The van der Waals surface area contributed by atoms with Gasteiger partial charge in [-0.05, 0) is 38.6 Å². The Kier molecular flexibility index (Phi) is 4.10. The van der Waals surface area contributed by atoms with Crippen LogP contribution in [0.15, 0.2) is 12.3 Å². The van der Waals surface area contributed by atoms with Crippen LogP contribution in [0.3, 0.4) is 0 Å². The third-order valence-electron chi connectivity index (χ3n) is 4.69. The highest BCUT2D eigenvalue weighted by atomic mass is 16.5. The number of pyridine rings is 1. The van der Waals surface area contributed by atoms with Gasteiger partial charge in [-0.25, -0.2) is 0 Å². The lowest BCUT2D eigenvalue weighted by atomic mass is 9.76. The molecule has 1 aliphatic carbocycles. The first kappa shape index (κ1) is 13.7. The molecule has 2 fully saturated rings. The number of hydrogen-bond donors (Lipinski definition) is 1. The Labute approximate surface area is 120 Å². The predicted molar refractivity (Wildman–Crippen MR) is 78.3 cm³/mol. The van der Waals surface area contributed by atoms with E-state index in [4.69, 9.17) is 9.47 Å². The van der Waals surface area contributed by atoms with Gasteiger partial charge in [0.25, 0.3) is 0 Å². The van der Waals surface area contributed by atoms with Crippen molar-refractivity contribution in [3.05, 3.63) is 18.0 Å². The summed E-state index contributed by atoms with van der Waals surface area (Å²) < 4.78 is 11.7. The lowest BCUT2D eigenvalue weighted by Gasteiger charge is -2.37. The summed E-state index contributed by atoms with van der Waals surface area (Å²) in [6.45, 7) is 4.20. The summed E-state index contributed by atoms with van der Waals surface area (Å²) in [6.07, 6.45) is 7.25. The van der Waals surface area contributed by atoms with Crippen molar-refractivity contribution in [2.24, 2.45) is 11.8 Å². The van der Waals surface area contributed by atoms with Crippen molar-refractivity contribution >= 4 is 0 Å². The van der Waals surface area contributed by atoms with Crippen LogP contribution in [-0.4, -0.2) is 31.3 Å². The van der Waals surface area contributed by atoms with Crippen LogP contribution in [0.2, 0.25) is 0 Å². The molecule has 2 heterocycles. The molecule has 110 valence electrons. The number of ether oxygens (including phenoxy) is 2. The zero-order valence-corrected chi connectivity index (χ0v) is 12.4. The zero-order chi connectivity index (χ0) is 13.9. The second kappa shape index (κ2) is 6.00. The predicted octanol–water partition coefficient (Wildman–Crippen LogP) is 2.56. The molecule has 1 saturated heterocycles. The molecule has 1 aliphatic heterocycles. The molecule has 1 saturated carbocycles. The van der Waals surface area contributed by atoms with Gasteiger partial charge < -0.3 is 14.8 Å². The Morgan fingerprint density at radius 1 is 1.30 bits per heavy atom. The van der Waals surface area contributed by atoms with Gasteiger partial charge in [0.15, 0.2) is 0 Å². The van der Waals surface area contributed by atoms with E-state index >= 15 is 0 Å². The molecular formula is C16H24N2O2. The maximum atomic E-state index is 6.39. The molecule has 1 N–H and O–H groups in total. The van der Waals surface area contributed by atoms with Crippen molar-refractivity contribution in [3.8, 4) is 11.5 Å². The van der Waals surface area contributed by atoms with E-state index in [0.29, 0.717) is 17.9 Å². The summed E-state index contributed by atoms with van der Waals surface area (Å²) in [7, 11) is 1.67. The number of nitrogens with zero attached hydrogens (tertiary/aromatic N) is 1. The molecule has 1 aromatic rings. The SMILES string of the molecule is COc1cnc(C)c(O[C@@H](C2CCC2)C2CCNC2)c1. The van der Waals surface area contributed by atoms with Gasteiger partial charge in [-0.1, -0.05) is 6.42 Å². The minimum atomic E-state index is 0.325. The average molecular weight is 276 g/mol. The van der Waals surface area contributed by atoms with E-state index in [2.05, 4.69) is 10.3 Å². The molecule has 4 heteroatoms. The summed E-state index contributed by atoms with van der Waals surface area (Å²) in [4.78, 5) is 4.37. The fourth-order valence-corrected chi connectivity index (χ4v) is 3.18. The van der Waals surface area contributed by atoms with Crippen molar-refractivity contribution in [1.29, 1.82) is 0 Å². The molecule has 20 heavy (non-hydrogen) atoms. The molecule has 0 aromatic carbocycles. The third kappa shape index (κ3) is 2.75. The lowest BCUT2D eigenvalue weighted by Crippen LogP contribution is -2.39. The number of nitrogens with one attached hydrogen (secondary N) is 1. The average Bonchev–Trinajstić information content (AvgIpc) is 2.92. The van der Waals surface area contributed by atoms with E-state index in [-0.39, 0.29) is 0 Å². The van der Waals surface area contributed by atoms with Crippen molar-refractivity contribution in [2.75, 3.05) is 20.2 Å². The van der Waals surface area contributed by atoms with E-state index in [9.17, 15) is 0 Å². The number of methoxy groups -OCH3 is 1. The number of aryl methyl sites for hydroxylation is 1. The zero-order valence-electron chi connectivity index (χ0n) is 12.4. The standard InChI is InChI=1S/C16H24N2O2/c1-11-15(8-14(19-2)10-18-11)20-16(12-4-3-5-12)13-6-7-17-9-13/h8,10,12-13,16-17H,3-7,9H2,1-2H3/t13?,16-/m0/s1. The van der Waals surface area contributed by atoms with Gasteiger partial charge in [-0.2, -0.15) is 0 Å². The molecule has 0 amide bonds. The summed E-state index contributed by atoms with van der Waals surface area (Å²) in [5.74, 6) is 2.99. The second-order valence-corrected chi connectivity index (χ2v) is 5.99. The van der Waals surface area contributed by atoms with Crippen LogP contribution in [-0.2, 0) is 0 Å². The van der Waals surface area contributed by atoms with Crippen molar-refractivity contribution in [2.45, 2.75) is 38.7 Å². The van der Waals surface area contributed by atoms with Crippen molar-refractivity contribution < 1.29 is 9.47 Å². The molecule has 0 radical (unpaired) electrons. The van der Waals surface area contributed by atoms with Crippen LogP contribution in [0.25, 0.3) is 0 Å². The largest absolute Gasteiger partial charge is 0.495 e. The molecule has 1 aromatic heterocycles. The first-order chi connectivity index (χ1) is 9.78. The summed E-state index contributed by atoms with van der Waals surface area (Å²) >= 11 is 0. The van der Waals surface area contributed by atoms with Crippen molar-refractivity contribution in [3.63, 3.8) is 0 Å². The van der Waals surface area contributed by atoms with E-state index in [1.807, 2.05) is 13.0 Å². The molecule has 2 atom stereocenters. The molecule has 2 aliphatic rings. The lowest BCUT2D eigenvalue weighted by molar-refractivity contribution is 0.0411. The van der Waals surface area contributed by atoms with Crippen LogP contribution in [0.5, 0.6) is 11.5 Å². The highest BCUT2D eigenvalue weighted by Gasteiger charge is 2.36. The van der Waals surface area contributed by atoms with Crippen LogP contribution >= 0.6 is 0 Å². The van der Waals surface area contributed by atoms with Crippen LogP contribution < -0.4 is 14.8 Å². The Bertz CT molecular complexity index is 454. The minimum Gasteiger partial charge on any atom is -0.495 e. The Morgan fingerprint density at radius 3 is 2.75 bits per heavy atom. The number of rotatable bonds is 5. The summed E-state index contributed by atoms with van der Waals surface area (Å²) in [5.41, 5.74) is 0.945. The van der Waals surface area contributed by atoms with Gasteiger partial charge in [-0.3, -0.25) is 4.98 Å². The highest BCUT2D eigenvalue weighted by molar-refractivity contribution is 5.34. The van der Waals surface area contributed by atoms with E-state index in [0.717, 1.165) is 30.3 Å². The molecular weight excluding hydrogens is 252 g/mol.